The molecule has 0 saturated carbocycles. The van der Waals surface area contributed by atoms with Crippen molar-refractivity contribution in [3.63, 3.8) is 0 Å². The fourth-order valence-electron chi connectivity index (χ4n) is 3.96. The van der Waals surface area contributed by atoms with E-state index in [1.807, 2.05) is 0 Å². The van der Waals surface area contributed by atoms with Crippen LogP contribution in [0.1, 0.15) is 35.7 Å². The van der Waals surface area contributed by atoms with Gasteiger partial charge in [0.2, 0.25) is 5.82 Å². The molecule has 1 atom stereocenters. The van der Waals surface area contributed by atoms with Gasteiger partial charge in [-0.2, -0.15) is 23.5 Å². The fourth-order valence-corrected chi connectivity index (χ4v) is 3.96. The molecule has 0 radical (unpaired) electrons. The van der Waals surface area contributed by atoms with E-state index >= 15 is 0 Å². The molecular formula is C23H14F4N8O. The molecule has 13 heteroatoms. The second-order valence-corrected chi connectivity index (χ2v) is 7.76. The third-order valence-corrected chi connectivity index (χ3v) is 5.61. The molecule has 5 aromatic rings. The van der Waals surface area contributed by atoms with Gasteiger partial charge in [-0.3, -0.25) is 0 Å². The average molecular weight is 494 g/mol. The Morgan fingerprint density at radius 3 is 2.53 bits per heavy atom. The molecule has 0 aliphatic rings. The van der Waals surface area contributed by atoms with E-state index in [9.17, 15) is 22.8 Å². The molecule has 0 fully saturated rings. The first-order valence-electron chi connectivity index (χ1n) is 10.4. The zero-order valence-corrected chi connectivity index (χ0v) is 18.3. The highest BCUT2D eigenvalue weighted by Crippen LogP contribution is 2.40. The highest BCUT2D eigenvalue weighted by molar-refractivity contribution is 5.92. The summed E-state index contributed by atoms with van der Waals surface area (Å²) in [4.78, 5) is 10.8. The van der Waals surface area contributed by atoms with Crippen molar-refractivity contribution in [3.05, 3.63) is 77.7 Å². The smallest absolute Gasteiger partial charge is 0.382 e. The molecule has 1 aromatic carbocycles. The molecule has 36 heavy (non-hydrogen) atoms. The van der Waals surface area contributed by atoms with Crippen molar-refractivity contribution in [3.8, 4) is 28.5 Å². The molecule has 0 spiro atoms. The predicted molar refractivity (Wildman–Crippen MR) is 118 cm³/mol. The minimum atomic E-state index is -4.73. The Kier molecular flexibility index (Phi) is 5.36. The summed E-state index contributed by atoms with van der Waals surface area (Å²) in [6.07, 6.45) is -1.64. The van der Waals surface area contributed by atoms with Crippen molar-refractivity contribution in [2.45, 2.75) is 19.0 Å². The summed E-state index contributed by atoms with van der Waals surface area (Å²) in [5.41, 5.74) is 7.40. The summed E-state index contributed by atoms with van der Waals surface area (Å²) in [6, 6.07) is 9.66. The first-order valence-corrected chi connectivity index (χ1v) is 10.4. The summed E-state index contributed by atoms with van der Waals surface area (Å²) < 4.78 is 60.0. The first-order chi connectivity index (χ1) is 17.2. The van der Waals surface area contributed by atoms with Crippen molar-refractivity contribution in [1.29, 1.82) is 5.26 Å². The van der Waals surface area contributed by atoms with Crippen molar-refractivity contribution < 1.29 is 22.1 Å². The lowest BCUT2D eigenvalue weighted by molar-refractivity contribution is -0.144. The number of aromatic nitrogens is 6. The lowest BCUT2D eigenvalue weighted by Crippen LogP contribution is -2.10. The van der Waals surface area contributed by atoms with Gasteiger partial charge >= 0.3 is 6.18 Å². The molecule has 0 bridgehead atoms. The molecule has 5 rings (SSSR count). The quantitative estimate of drug-likeness (QED) is 0.359. The molecule has 4 aromatic heterocycles. The number of rotatable bonds is 4. The van der Waals surface area contributed by atoms with Crippen LogP contribution in [0.15, 0.2) is 53.6 Å². The SMILES string of the molecule is C[C@H](c1cc(-c2ccccc2F)no1)c1c(C#N)c(-c2cnc(C(F)(F)F)nc2)c2c(N)ncnn12. The Morgan fingerprint density at radius 2 is 1.86 bits per heavy atom. The van der Waals surface area contributed by atoms with Gasteiger partial charge < -0.3 is 10.3 Å². The Hall–Kier alpha value is -4.86. The van der Waals surface area contributed by atoms with Gasteiger partial charge in [-0.05, 0) is 19.1 Å². The van der Waals surface area contributed by atoms with E-state index in [-0.39, 0.29) is 45.0 Å². The summed E-state index contributed by atoms with van der Waals surface area (Å²) in [7, 11) is 0. The lowest BCUT2D eigenvalue weighted by atomic mass is 9.97. The predicted octanol–water partition coefficient (Wildman–Crippen LogP) is 4.60. The summed E-state index contributed by atoms with van der Waals surface area (Å²) in [6.45, 7) is 1.71. The number of hydrogen-bond donors (Lipinski definition) is 1. The number of nitriles is 1. The lowest BCUT2D eigenvalue weighted by Gasteiger charge is -2.08. The van der Waals surface area contributed by atoms with Crippen LogP contribution in [0.2, 0.25) is 0 Å². The van der Waals surface area contributed by atoms with E-state index in [0.29, 0.717) is 5.69 Å². The molecule has 180 valence electrons. The molecule has 0 aliphatic carbocycles. The number of nitrogens with two attached hydrogens (primary N) is 1. The van der Waals surface area contributed by atoms with Crippen molar-refractivity contribution in [2.75, 3.05) is 5.73 Å². The minimum Gasteiger partial charge on any atom is -0.382 e. The van der Waals surface area contributed by atoms with Gasteiger partial charge in [-0.15, -0.1) is 0 Å². The van der Waals surface area contributed by atoms with Gasteiger partial charge in [-0.25, -0.2) is 23.9 Å². The van der Waals surface area contributed by atoms with Crippen LogP contribution in [0.3, 0.4) is 0 Å². The van der Waals surface area contributed by atoms with Crippen LogP contribution in [-0.4, -0.2) is 29.7 Å². The van der Waals surface area contributed by atoms with Gasteiger partial charge in [0.15, 0.2) is 5.82 Å². The molecule has 0 aliphatic heterocycles. The standard InChI is InChI=1S/C23H14F4N8O/c1-11(17-6-16(34-36-17)13-4-2-3-5-15(13)24)19-14(7-28)18(20-21(29)32-10-33-35(19)20)12-8-30-22(31-9-12)23(25,26)27/h2-6,8-11H,1H3,(H2,29,32,33)/t11-/m1/s1. The summed E-state index contributed by atoms with van der Waals surface area (Å²) >= 11 is 0. The molecule has 0 amide bonds. The van der Waals surface area contributed by atoms with Crippen LogP contribution in [-0.2, 0) is 6.18 Å². The van der Waals surface area contributed by atoms with E-state index in [1.165, 1.54) is 23.0 Å². The van der Waals surface area contributed by atoms with Crippen molar-refractivity contribution >= 4 is 11.3 Å². The molecule has 2 N–H and O–H groups in total. The topological polar surface area (TPSA) is 132 Å². The van der Waals surface area contributed by atoms with Crippen LogP contribution < -0.4 is 5.73 Å². The van der Waals surface area contributed by atoms with Crippen molar-refractivity contribution in [2.24, 2.45) is 0 Å². The number of alkyl halides is 3. The molecule has 4 heterocycles. The monoisotopic (exact) mass is 494 g/mol. The normalized spacial score (nSPS) is 12.6. The van der Waals surface area contributed by atoms with E-state index in [1.54, 1.807) is 25.1 Å². The van der Waals surface area contributed by atoms with E-state index in [4.69, 9.17) is 10.3 Å². The third kappa shape index (κ3) is 3.68. The fraction of sp³-hybridized carbons (Fsp3) is 0.130. The van der Waals surface area contributed by atoms with Crippen molar-refractivity contribution in [1.82, 2.24) is 29.7 Å². The van der Waals surface area contributed by atoms with Crippen LogP contribution in [0.4, 0.5) is 23.4 Å². The highest BCUT2D eigenvalue weighted by Gasteiger charge is 2.35. The molecular weight excluding hydrogens is 480 g/mol. The summed E-state index contributed by atoms with van der Waals surface area (Å²) in [5.74, 6) is -2.19. The minimum absolute atomic E-state index is 0.0144. The van der Waals surface area contributed by atoms with Crippen LogP contribution in [0.25, 0.3) is 27.9 Å². The molecule has 0 saturated heterocycles. The second kappa shape index (κ2) is 8.42. The largest absolute Gasteiger partial charge is 0.451 e. The third-order valence-electron chi connectivity index (χ3n) is 5.61. The van der Waals surface area contributed by atoms with Gasteiger partial charge in [0.25, 0.3) is 0 Å². The number of nitrogens with zero attached hydrogens (tertiary/aromatic N) is 7. The summed E-state index contributed by atoms with van der Waals surface area (Å²) in [5, 5.41) is 18.2. The van der Waals surface area contributed by atoms with Crippen LogP contribution in [0, 0.1) is 17.1 Å². The number of benzene rings is 1. The maximum absolute atomic E-state index is 14.2. The maximum Gasteiger partial charge on any atom is 0.451 e. The zero-order valence-electron chi connectivity index (χ0n) is 18.3. The first kappa shape index (κ1) is 22.9. The number of fused-ring (bicyclic) bond motifs is 1. The highest BCUT2D eigenvalue weighted by atomic mass is 19.4. The van der Waals surface area contributed by atoms with E-state index in [0.717, 1.165) is 12.4 Å². The maximum atomic E-state index is 14.2. The van der Waals surface area contributed by atoms with Crippen LogP contribution >= 0.6 is 0 Å². The Balaban J connectivity index is 1.68. The Labute approximate surface area is 199 Å². The number of halogens is 4. The molecule has 9 nitrogen and oxygen atoms in total. The Morgan fingerprint density at radius 1 is 1.14 bits per heavy atom. The van der Waals surface area contributed by atoms with Gasteiger partial charge in [0.05, 0.1) is 17.2 Å². The van der Waals surface area contributed by atoms with Gasteiger partial charge in [0.1, 0.15) is 35.2 Å². The van der Waals surface area contributed by atoms with E-state index < -0.39 is 23.7 Å². The number of hydrogen-bond acceptors (Lipinski definition) is 8. The number of nitrogen functional groups attached to an aromatic ring is 1. The van der Waals surface area contributed by atoms with E-state index in [2.05, 4.69) is 31.3 Å². The van der Waals surface area contributed by atoms with Gasteiger partial charge in [0, 0.05) is 35.2 Å². The van der Waals surface area contributed by atoms with Crippen LogP contribution in [0.5, 0.6) is 0 Å². The zero-order chi connectivity index (χ0) is 25.6. The average Bonchev–Trinajstić information content (AvgIpc) is 3.47. The van der Waals surface area contributed by atoms with Gasteiger partial charge in [-0.1, -0.05) is 17.3 Å². The number of anilines is 1. The Bertz CT molecular complexity index is 1630. The second-order valence-electron chi connectivity index (χ2n) is 7.76. The molecule has 0 unspecified atom stereocenters.